The molecule has 0 aliphatic rings. The van der Waals surface area contributed by atoms with Gasteiger partial charge in [-0.25, -0.2) is 0 Å². The Morgan fingerprint density at radius 2 is 1.72 bits per heavy atom. The number of fused-ring (bicyclic) bond motifs is 1. The maximum atomic E-state index is 13.3. The summed E-state index contributed by atoms with van der Waals surface area (Å²) in [6, 6.07) is 10.3. The number of hydrogen-bond acceptors (Lipinski definition) is 4. The maximum Gasteiger partial charge on any atom is 0.310 e. The number of phenolic OH excluding ortho intramolecular Hbond substituents is 1. The number of aromatic hydroxyl groups is 1. The van der Waals surface area contributed by atoms with Gasteiger partial charge in [-0.1, -0.05) is 29.3 Å². The first kappa shape index (κ1) is 20.9. The molecule has 3 aromatic rings. The molecule has 0 aliphatic carbocycles. The van der Waals surface area contributed by atoms with E-state index in [1.165, 1.54) is 10.6 Å². The molecule has 0 saturated carbocycles. The zero-order valence-corrected chi connectivity index (χ0v) is 17.9. The van der Waals surface area contributed by atoms with E-state index in [-0.39, 0.29) is 23.1 Å². The topological polar surface area (TPSA) is 68.5 Å². The number of carbonyl (C=O) groups is 2. The number of benzene rings is 2. The van der Waals surface area contributed by atoms with Crippen LogP contribution in [0.2, 0.25) is 5.02 Å². The van der Waals surface area contributed by atoms with Gasteiger partial charge in [0, 0.05) is 16.6 Å². The highest BCUT2D eigenvalue weighted by molar-refractivity contribution is 6.33. The predicted molar refractivity (Wildman–Crippen MR) is 114 cm³/mol. The zero-order valence-electron chi connectivity index (χ0n) is 17.2. The Morgan fingerprint density at radius 3 is 2.31 bits per heavy atom. The first-order valence-electron chi connectivity index (χ1n) is 9.33. The average molecular weight is 414 g/mol. The molecule has 1 aromatic heterocycles. The van der Waals surface area contributed by atoms with Crippen LogP contribution >= 0.6 is 11.6 Å². The van der Waals surface area contributed by atoms with Gasteiger partial charge in [0.05, 0.1) is 17.0 Å². The summed E-state index contributed by atoms with van der Waals surface area (Å²) in [5.41, 5.74) is 2.72. The monoisotopic (exact) mass is 413 g/mol. The van der Waals surface area contributed by atoms with E-state index in [2.05, 4.69) is 0 Å². The van der Waals surface area contributed by atoms with Crippen molar-refractivity contribution in [3.63, 3.8) is 0 Å². The van der Waals surface area contributed by atoms with Crippen molar-refractivity contribution in [1.29, 1.82) is 0 Å². The lowest BCUT2D eigenvalue weighted by atomic mass is 10.1. The molecule has 0 radical (unpaired) electrons. The first-order valence-corrected chi connectivity index (χ1v) is 9.71. The molecule has 0 aliphatic heterocycles. The van der Waals surface area contributed by atoms with E-state index in [0.717, 1.165) is 5.56 Å². The Bertz CT molecular complexity index is 1100. The summed E-state index contributed by atoms with van der Waals surface area (Å²) in [6.45, 7) is 9.12. The van der Waals surface area contributed by atoms with E-state index in [4.69, 9.17) is 16.3 Å². The Morgan fingerprint density at radius 1 is 1.10 bits per heavy atom. The second kappa shape index (κ2) is 7.56. The second-order valence-corrected chi connectivity index (χ2v) is 8.56. The fourth-order valence-electron chi connectivity index (χ4n) is 3.32. The van der Waals surface area contributed by atoms with Gasteiger partial charge in [-0.05, 0) is 64.4 Å². The van der Waals surface area contributed by atoms with Gasteiger partial charge in [-0.3, -0.25) is 14.2 Å². The number of ether oxygens (including phenoxy) is 1. The molecule has 1 N–H and O–H groups in total. The Balaban J connectivity index is 2.16. The van der Waals surface area contributed by atoms with E-state index < -0.39 is 11.6 Å². The van der Waals surface area contributed by atoms with Crippen LogP contribution in [0.1, 0.15) is 48.0 Å². The lowest BCUT2D eigenvalue weighted by molar-refractivity contribution is -0.153. The summed E-state index contributed by atoms with van der Waals surface area (Å²) in [6.07, 6.45) is -0.0190. The number of carbonyl (C=O) groups excluding carboxylic acids is 2. The largest absolute Gasteiger partial charge is 0.506 e. The third-order valence-electron chi connectivity index (χ3n) is 4.65. The summed E-state index contributed by atoms with van der Waals surface area (Å²) in [5.74, 6) is -0.744. The number of aryl methyl sites for hydroxylation is 1. The lowest BCUT2D eigenvalue weighted by Gasteiger charge is -2.19. The van der Waals surface area contributed by atoms with Crippen LogP contribution in [-0.4, -0.2) is 27.2 Å². The highest BCUT2D eigenvalue weighted by atomic mass is 35.5. The number of rotatable bonds is 3. The van der Waals surface area contributed by atoms with Crippen molar-refractivity contribution in [2.24, 2.45) is 0 Å². The fourth-order valence-corrected chi connectivity index (χ4v) is 3.48. The molecule has 0 spiro atoms. The number of phenols is 1. The lowest BCUT2D eigenvalue weighted by Crippen LogP contribution is -2.25. The van der Waals surface area contributed by atoms with E-state index in [1.807, 2.05) is 19.1 Å². The van der Waals surface area contributed by atoms with E-state index >= 15 is 0 Å². The quantitative estimate of drug-likeness (QED) is 0.600. The predicted octanol–water partition coefficient (Wildman–Crippen LogP) is 5.19. The van der Waals surface area contributed by atoms with Crippen LogP contribution in [0.4, 0.5) is 0 Å². The van der Waals surface area contributed by atoms with Crippen LogP contribution in [0.25, 0.3) is 10.9 Å². The van der Waals surface area contributed by atoms with E-state index in [9.17, 15) is 14.7 Å². The van der Waals surface area contributed by atoms with E-state index in [0.29, 0.717) is 27.7 Å². The van der Waals surface area contributed by atoms with Gasteiger partial charge in [-0.15, -0.1) is 0 Å². The van der Waals surface area contributed by atoms with Crippen molar-refractivity contribution in [2.45, 2.75) is 46.6 Å². The smallest absolute Gasteiger partial charge is 0.310 e. The van der Waals surface area contributed by atoms with Crippen molar-refractivity contribution < 1.29 is 19.4 Å². The zero-order chi connectivity index (χ0) is 21.5. The Labute approximate surface area is 174 Å². The van der Waals surface area contributed by atoms with Crippen LogP contribution in [-0.2, 0) is 16.0 Å². The third-order valence-corrected chi connectivity index (χ3v) is 4.95. The van der Waals surface area contributed by atoms with Gasteiger partial charge < -0.3 is 9.84 Å². The molecule has 0 saturated heterocycles. The summed E-state index contributed by atoms with van der Waals surface area (Å²) in [7, 11) is 0. The second-order valence-electron chi connectivity index (χ2n) is 8.15. The highest BCUT2D eigenvalue weighted by Gasteiger charge is 2.25. The maximum absolute atomic E-state index is 13.3. The van der Waals surface area contributed by atoms with Crippen LogP contribution in [0.3, 0.4) is 0 Å². The average Bonchev–Trinajstić information content (AvgIpc) is 2.85. The van der Waals surface area contributed by atoms with Crippen molar-refractivity contribution >= 4 is 34.4 Å². The molecule has 0 amide bonds. The van der Waals surface area contributed by atoms with Gasteiger partial charge in [-0.2, -0.15) is 0 Å². The van der Waals surface area contributed by atoms with Crippen LogP contribution in [0, 0.1) is 13.8 Å². The van der Waals surface area contributed by atoms with Crippen molar-refractivity contribution in [3.8, 4) is 5.75 Å². The minimum Gasteiger partial charge on any atom is -0.506 e. The Hall–Kier alpha value is -2.79. The molecule has 5 nitrogen and oxygen atoms in total. The number of hydrogen-bond donors (Lipinski definition) is 1. The van der Waals surface area contributed by atoms with Crippen LogP contribution in [0.5, 0.6) is 5.75 Å². The fraction of sp³-hybridized carbons (Fsp3) is 0.304. The molecule has 152 valence electrons. The first-order chi connectivity index (χ1) is 13.5. The number of halogens is 1. The van der Waals surface area contributed by atoms with Crippen molar-refractivity contribution in [1.82, 2.24) is 4.57 Å². The molecule has 0 fully saturated rings. The molecule has 2 aromatic carbocycles. The SMILES string of the molecule is Cc1ccc(C(=O)n2c(C)c(CC(=O)OC(C)(C)C)c3cc(O)c(Cl)cc32)cc1. The summed E-state index contributed by atoms with van der Waals surface area (Å²) in [4.78, 5) is 25.7. The molecule has 1 heterocycles. The number of aromatic nitrogens is 1. The minimum absolute atomic E-state index is 0.0190. The van der Waals surface area contributed by atoms with E-state index in [1.54, 1.807) is 45.9 Å². The molecule has 0 unspecified atom stereocenters. The normalized spacial score (nSPS) is 11.7. The van der Waals surface area contributed by atoms with Crippen molar-refractivity contribution in [2.75, 3.05) is 0 Å². The van der Waals surface area contributed by atoms with Gasteiger partial charge in [0.25, 0.3) is 5.91 Å². The molecule has 29 heavy (non-hydrogen) atoms. The molecule has 6 heteroatoms. The molecule has 3 rings (SSSR count). The summed E-state index contributed by atoms with van der Waals surface area (Å²) < 4.78 is 6.98. The van der Waals surface area contributed by atoms with Gasteiger partial charge in [0.2, 0.25) is 0 Å². The van der Waals surface area contributed by atoms with Gasteiger partial charge in [0.1, 0.15) is 11.4 Å². The van der Waals surface area contributed by atoms with Gasteiger partial charge in [0.15, 0.2) is 0 Å². The van der Waals surface area contributed by atoms with Crippen LogP contribution < -0.4 is 0 Å². The molecular formula is C23H24ClNO4. The molecule has 0 bridgehead atoms. The van der Waals surface area contributed by atoms with Crippen molar-refractivity contribution in [3.05, 3.63) is 63.8 Å². The summed E-state index contributed by atoms with van der Waals surface area (Å²) in [5, 5.41) is 10.8. The standard InChI is InChI=1S/C23H24ClNO4/c1-13-6-8-15(9-7-13)22(28)25-14(2)16(11-21(27)29-23(3,4)5)17-10-20(26)18(24)12-19(17)25/h6-10,12,26H,11H2,1-5H3. The molecule has 0 atom stereocenters. The van der Waals surface area contributed by atoms with Gasteiger partial charge >= 0.3 is 5.97 Å². The third kappa shape index (κ3) is 4.30. The molecular weight excluding hydrogens is 390 g/mol. The highest BCUT2D eigenvalue weighted by Crippen LogP contribution is 2.35. The Kier molecular flexibility index (Phi) is 5.46. The summed E-state index contributed by atoms with van der Waals surface area (Å²) >= 11 is 6.12. The minimum atomic E-state index is -0.619. The number of esters is 1. The number of nitrogens with zero attached hydrogens (tertiary/aromatic N) is 1. The van der Waals surface area contributed by atoms with Crippen LogP contribution in [0.15, 0.2) is 36.4 Å².